The zero-order valence-electron chi connectivity index (χ0n) is 22.3. The number of nitrogens with one attached hydrogen (secondary N) is 1. The van der Waals surface area contributed by atoms with E-state index in [-0.39, 0.29) is 41.1 Å². The Bertz CT molecular complexity index is 1560. The van der Waals surface area contributed by atoms with Crippen molar-refractivity contribution in [3.63, 3.8) is 0 Å². The Morgan fingerprint density at radius 3 is 2.12 bits per heavy atom. The smallest absolute Gasteiger partial charge is 0.471 e. The van der Waals surface area contributed by atoms with Gasteiger partial charge in [0.1, 0.15) is 0 Å². The molecule has 1 aliphatic heterocycles. The van der Waals surface area contributed by atoms with Crippen LogP contribution in [0.4, 0.5) is 37.7 Å². The van der Waals surface area contributed by atoms with Gasteiger partial charge in [0.05, 0.1) is 37.2 Å². The maximum absolute atomic E-state index is 14.0. The molecule has 0 saturated carbocycles. The predicted octanol–water partition coefficient (Wildman–Crippen LogP) is 7.19. The summed E-state index contributed by atoms with van der Waals surface area (Å²) in [6.07, 6.45) is -10.0. The summed E-state index contributed by atoms with van der Waals surface area (Å²) in [6.45, 7) is 0. The van der Waals surface area contributed by atoms with Crippen LogP contribution in [0, 0.1) is 0 Å². The standard InChI is InChI=1S/C30H24F6N2O4/c1-41-24-12-9-17(15-25(24)42-2)18-13-21-26(23(39)14-18)27(16-7-10-19(11-8-16)29(31,32)33)38(28(40)30(34,35)36)22-6-4-3-5-20(22)37-21/h3-12,15,18,27,37H,13-14H2,1-2H3. The molecule has 42 heavy (non-hydrogen) atoms. The summed E-state index contributed by atoms with van der Waals surface area (Å²) in [6, 6.07) is 12.7. The molecule has 1 aliphatic carbocycles. The highest BCUT2D eigenvalue weighted by Gasteiger charge is 2.50. The fourth-order valence-electron chi connectivity index (χ4n) is 5.46. The Hall–Kier alpha value is -4.48. The van der Waals surface area contributed by atoms with Crippen molar-refractivity contribution in [3.05, 3.63) is 94.7 Å². The molecule has 1 amide bonds. The number of alkyl halides is 6. The number of hydrogen-bond donors (Lipinski definition) is 1. The van der Waals surface area contributed by atoms with Crippen LogP contribution in [0.5, 0.6) is 11.5 Å². The normalized spacial score (nSPS) is 19.0. The monoisotopic (exact) mass is 590 g/mol. The number of hydrogen-bond acceptors (Lipinski definition) is 5. The molecule has 1 heterocycles. The van der Waals surface area contributed by atoms with Gasteiger partial charge in [0.15, 0.2) is 17.3 Å². The number of ketones is 1. The van der Waals surface area contributed by atoms with Crippen molar-refractivity contribution in [2.45, 2.75) is 37.2 Å². The second kappa shape index (κ2) is 10.7. The van der Waals surface area contributed by atoms with E-state index in [4.69, 9.17) is 9.47 Å². The van der Waals surface area contributed by atoms with Crippen molar-refractivity contribution in [1.29, 1.82) is 0 Å². The van der Waals surface area contributed by atoms with E-state index in [9.17, 15) is 35.9 Å². The lowest BCUT2D eigenvalue weighted by molar-refractivity contribution is -0.170. The van der Waals surface area contributed by atoms with Crippen molar-refractivity contribution in [1.82, 2.24) is 0 Å². The van der Waals surface area contributed by atoms with E-state index in [1.807, 2.05) is 0 Å². The molecule has 1 N–H and O–H groups in total. The van der Waals surface area contributed by atoms with Gasteiger partial charge in [-0.1, -0.05) is 30.3 Å². The summed E-state index contributed by atoms with van der Waals surface area (Å²) in [4.78, 5) is 27.3. The number of ether oxygens (including phenoxy) is 2. The number of carbonyl (C=O) groups is 2. The summed E-state index contributed by atoms with van der Waals surface area (Å²) in [5, 5.41) is 3.08. The molecule has 12 heteroatoms. The number of fused-ring (bicyclic) bond motifs is 1. The fourth-order valence-corrected chi connectivity index (χ4v) is 5.46. The minimum Gasteiger partial charge on any atom is -0.493 e. The van der Waals surface area contributed by atoms with Crippen molar-refractivity contribution >= 4 is 23.1 Å². The second-order valence-corrected chi connectivity index (χ2v) is 9.87. The first-order chi connectivity index (χ1) is 19.8. The third kappa shape index (κ3) is 5.28. The molecule has 5 rings (SSSR count). The lowest BCUT2D eigenvalue weighted by Crippen LogP contribution is -2.45. The van der Waals surface area contributed by atoms with E-state index in [0.29, 0.717) is 22.0 Å². The molecule has 3 aromatic carbocycles. The van der Waals surface area contributed by atoms with E-state index in [1.54, 1.807) is 24.3 Å². The van der Waals surface area contributed by atoms with Crippen molar-refractivity contribution in [2.75, 3.05) is 24.4 Å². The summed E-state index contributed by atoms with van der Waals surface area (Å²) >= 11 is 0. The Kier molecular flexibility index (Phi) is 7.42. The van der Waals surface area contributed by atoms with Crippen LogP contribution in [0.25, 0.3) is 0 Å². The Labute approximate surface area is 236 Å². The molecule has 0 spiro atoms. The molecule has 0 radical (unpaired) electrons. The lowest BCUT2D eigenvalue weighted by Gasteiger charge is -2.35. The molecule has 0 saturated heterocycles. The second-order valence-electron chi connectivity index (χ2n) is 9.87. The van der Waals surface area contributed by atoms with Crippen LogP contribution in [0.15, 0.2) is 78.0 Å². The zero-order chi connectivity index (χ0) is 30.4. The average Bonchev–Trinajstić information content (AvgIpc) is 3.10. The molecule has 220 valence electrons. The SMILES string of the molecule is COc1ccc(C2CC(=O)C3=C(C2)Nc2ccccc2N(C(=O)C(F)(F)F)C3c2ccc(C(F)(F)F)cc2)cc1OC. The number of nitrogens with zero attached hydrogens (tertiary/aromatic N) is 1. The van der Waals surface area contributed by atoms with Gasteiger partial charge in [-0.3, -0.25) is 14.5 Å². The maximum Gasteiger partial charge on any atom is 0.471 e. The van der Waals surface area contributed by atoms with Crippen molar-refractivity contribution in [3.8, 4) is 11.5 Å². The van der Waals surface area contributed by atoms with E-state index < -0.39 is 41.6 Å². The summed E-state index contributed by atoms with van der Waals surface area (Å²) in [5.74, 6) is -2.35. The van der Waals surface area contributed by atoms with E-state index in [1.165, 1.54) is 32.4 Å². The number of methoxy groups -OCH3 is 2. The highest BCUT2D eigenvalue weighted by Crippen LogP contribution is 2.49. The first-order valence-electron chi connectivity index (χ1n) is 12.7. The lowest BCUT2D eigenvalue weighted by atomic mass is 9.78. The number of benzene rings is 3. The quantitative estimate of drug-likeness (QED) is 0.326. The summed E-state index contributed by atoms with van der Waals surface area (Å²) in [5.41, 5.74) is -0.288. The van der Waals surface area contributed by atoms with Crippen LogP contribution in [0.1, 0.15) is 41.5 Å². The van der Waals surface area contributed by atoms with Gasteiger partial charge in [-0.2, -0.15) is 26.3 Å². The molecule has 2 atom stereocenters. The number of Topliss-reactive ketones (excluding diaryl/α,β-unsaturated/α-hetero) is 1. The third-order valence-corrected chi connectivity index (χ3v) is 7.38. The van der Waals surface area contributed by atoms with Crippen molar-refractivity contribution < 1.29 is 45.4 Å². The fraction of sp³-hybridized carbons (Fsp3) is 0.267. The van der Waals surface area contributed by atoms with Gasteiger partial charge in [0, 0.05) is 17.7 Å². The average molecular weight is 591 g/mol. The number of anilines is 2. The molecular weight excluding hydrogens is 566 g/mol. The largest absolute Gasteiger partial charge is 0.493 e. The van der Waals surface area contributed by atoms with Gasteiger partial charge in [-0.25, -0.2) is 0 Å². The Morgan fingerprint density at radius 1 is 0.857 bits per heavy atom. The van der Waals surface area contributed by atoms with Gasteiger partial charge in [-0.05, 0) is 59.9 Å². The van der Waals surface area contributed by atoms with Crippen LogP contribution in [-0.4, -0.2) is 32.1 Å². The number of amides is 1. The van der Waals surface area contributed by atoms with Gasteiger partial charge in [0.2, 0.25) is 0 Å². The van der Waals surface area contributed by atoms with Gasteiger partial charge < -0.3 is 14.8 Å². The van der Waals surface area contributed by atoms with Crippen LogP contribution in [0.2, 0.25) is 0 Å². The molecule has 2 unspecified atom stereocenters. The molecule has 0 bridgehead atoms. The number of allylic oxidation sites excluding steroid dienone is 1. The molecule has 3 aromatic rings. The maximum atomic E-state index is 14.0. The van der Waals surface area contributed by atoms with E-state index in [0.717, 1.165) is 24.3 Å². The molecule has 0 aromatic heterocycles. The van der Waals surface area contributed by atoms with Crippen LogP contribution in [0.3, 0.4) is 0 Å². The minimum absolute atomic E-state index is 0.0791. The predicted molar refractivity (Wildman–Crippen MR) is 141 cm³/mol. The first-order valence-corrected chi connectivity index (χ1v) is 12.7. The number of para-hydroxylation sites is 2. The topological polar surface area (TPSA) is 67.9 Å². The van der Waals surface area contributed by atoms with Gasteiger partial charge in [-0.15, -0.1) is 0 Å². The van der Waals surface area contributed by atoms with Gasteiger partial charge >= 0.3 is 18.3 Å². The van der Waals surface area contributed by atoms with Crippen LogP contribution in [-0.2, 0) is 15.8 Å². The van der Waals surface area contributed by atoms with Gasteiger partial charge in [0.25, 0.3) is 0 Å². The highest BCUT2D eigenvalue weighted by atomic mass is 19.4. The Balaban J connectivity index is 1.70. The minimum atomic E-state index is -5.35. The number of rotatable bonds is 4. The zero-order valence-corrected chi connectivity index (χ0v) is 22.3. The molecule has 2 aliphatic rings. The molecule has 0 fully saturated rings. The van der Waals surface area contributed by atoms with E-state index in [2.05, 4.69) is 5.32 Å². The number of carbonyl (C=O) groups excluding carboxylic acids is 2. The van der Waals surface area contributed by atoms with Crippen LogP contribution >= 0.6 is 0 Å². The Morgan fingerprint density at radius 2 is 1.50 bits per heavy atom. The summed E-state index contributed by atoms with van der Waals surface area (Å²) < 4.78 is 92.7. The molecule has 6 nitrogen and oxygen atoms in total. The molecular formula is C30H24F6N2O4. The first kappa shape index (κ1) is 29.0. The number of halogens is 6. The highest BCUT2D eigenvalue weighted by molar-refractivity contribution is 6.07. The van der Waals surface area contributed by atoms with E-state index >= 15 is 0 Å². The summed E-state index contributed by atoms with van der Waals surface area (Å²) in [7, 11) is 2.93. The van der Waals surface area contributed by atoms with Crippen molar-refractivity contribution in [2.24, 2.45) is 0 Å². The third-order valence-electron chi connectivity index (χ3n) is 7.38. The van der Waals surface area contributed by atoms with Crippen LogP contribution < -0.4 is 19.7 Å².